The van der Waals surface area contributed by atoms with E-state index in [0.29, 0.717) is 5.16 Å². The fourth-order valence-corrected chi connectivity index (χ4v) is 3.81. The second kappa shape index (κ2) is 8.01. The predicted molar refractivity (Wildman–Crippen MR) is 99.7 cm³/mol. The summed E-state index contributed by atoms with van der Waals surface area (Å²) in [4.78, 5) is 20.7. The van der Waals surface area contributed by atoms with Crippen LogP contribution in [0.3, 0.4) is 0 Å². The largest absolute Gasteiger partial charge is 0.332 e. The molecule has 1 aromatic heterocycles. The van der Waals surface area contributed by atoms with Crippen LogP contribution in [0.4, 0.5) is 0 Å². The number of likely N-dealkylation sites (N-methyl/N-ethyl adjacent to an activating group) is 1. The second-order valence-corrected chi connectivity index (χ2v) is 7.83. The van der Waals surface area contributed by atoms with Crippen LogP contribution in [0.2, 0.25) is 0 Å². The van der Waals surface area contributed by atoms with E-state index < -0.39 is 0 Å². The number of piperazine rings is 1. The Morgan fingerprint density at radius 2 is 2.00 bits per heavy atom. The average Bonchev–Trinajstić information content (AvgIpc) is 3.10. The summed E-state index contributed by atoms with van der Waals surface area (Å²) in [7, 11) is 0. The summed E-state index contributed by atoms with van der Waals surface area (Å²) in [6.07, 6.45) is 0. The molecule has 3 rings (SSSR count). The first-order valence-electron chi connectivity index (χ1n) is 8.85. The number of aromatic amines is 1. The van der Waals surface area contributed by atoms with Crippen LogP contribution in [0.5, 0.6) is 0 Å². The lowest BCUT2D eigenvalue weighted by Crippen LogP contribution is -3.14. The van der Waals surface area contributed by atoms with Gasteiger partial charge in [0, 0.05) is 5.56 Å². The van der Waals surface area contributed by atoms with Gasteiger partial charge in [0.05, 0.1) is 38.0 Å². The molecule has 0 radical (unpaired) electrons. The van der Waals surface area contributed by atoms with Gasteiger partial charge in [0.1, 0.15) is 0 Å². The summed E-state index contributed by atoms with van der Waals surface area (Å²) in [5.74, 6) is 0.921. The molecular weight excluding hydrogens is 334 g/mol. The third-order valence-electron chi connectivity index (χ3n) is 4.70. The first kappa shape index (κ1) is 17.9. The van der Waals surface area contributed by atoms with Crippen LogP contribution in [0, 0.1) is 6.92 Å². The van der Waals surface area contributed by atoms with E-state index in [9.17, 15) is 4.79 Å². The van der Waals surface area contributed by atoms with Crippen molar-refractivity contribution < 1.29 is 9.69 Å². The summed E-state index contributed by atoms with van der Waals surface area (Å²) in [6, 6.07) is 8.15. The number of nitrogens with one attached hydrogen (secondary N) is 2. The zero-order chi connectivity index (χ0) is 17.8. The molecule has 1 aliphatic heterocycles. The standard InChI is InChI=1S/C18H25N5OS/c1-4-22-9-11-23(12-10-22)17(24)14(3)25-18-19-16(20-21-18)15-7-5-13(2)6-8-15/h5-8,14H,4,9-12H2,1-3H3,(H,19,20,21)/p+1/t14-/m0/s1. The van der Waals surface area contributed by atoms with E-state index >= 15 is 0 Å². The SMILES string of the molecule is CC[NH+]1CCN(C(=O)[C@H](C)Sc2n[nH]c(-c3ccc(C)cc3)n2)CC1. The van der Waals surface area contributed by atoms with Crippen molar-refractivity contribution in [2.24, 2.45) is 0 Å². The van der Waals surface area contributed by atoms with Crippen LogP contribution in [-0.2, 0) is 4.79 Å². The van der Waals surface area contributed by atoms with Gasteiger partial charge >= 0.3 is 0 Å². The number of nitrogens with zero attached hydrogens (tertiary/aromatic N) is 3. The molecule has 2 N–H and O–H groups in total. The summed E-state index contributed by atoms with van der Waals surface area (Å²) >= 11 is 1.42. The van der Waals surface area contributed by atoms with E-state index in [2.05, 4.69) is 41.2 Å². The van der Waals surface area contributed by atoms with Crippen molar-refractivity contribution in [1.29, 1.82) is 0 Å². The maximum atomic E-state index is 12.6. The normalized spacial score (nSPS) is 16.8. The molecule has 134 valence electrons. The molecule has 0 saturated carbocycles. The van der Waals surface area contributed by atoms with Crippen molar-refractivity contribution in [3.8, 4) is 11.4 Å². The first-order chi connectivity index (χ1) is 12.1. The van der Waals surface area contributed by atoms with Gasteiger partial charge in [0.2, 0.25) is 11.1 Å². The van der Waals surface area contributed by atoms with E-state index in [0.717, 1.165) is 44.1 Å². The number of quaternary nitrogens is 1. The smallest absolute Gasteiger partial charge is 0.236 e. The Bertz CT molecular complexity index is 707. The monoisotopic (exact) mass is 360 g/mol. The van der Waals surface area contributed by atoms with Gasteiger partial charge in [-0.05, 0) is 20.8 Å². The minimum absolute atomic E-state index is 0.176. The van der Waals surface area contributed by atoms with E-state index in [1.54, 1.807) is 4.90 Å². The van der Waals surface area contributed by atoms with Crippen LogP contribution in [0.1, 0.15) is 19.4 Å². The Labute approximate surface area is 153 Å². The highest BCUT2D eigenvalue weighted by atomic mass is 32.2. The number of benzene rings is 1. The van der Waals surface area contributed by atoms with Gasteiger partial charge in [-0.25, -0.2) is 4.98 Å². The molecule has 7 heteroatoms. The molecule has 2 heterocycles. The van der Waals surface area contributed by atoms with E-state index in [1.807, 2.05) is 24.0 Å². The number of carbonyl (C=O) groups excluding carboxylic acids is 1. The summed E-state index contributed by atoms with van der Waals surface area (Å²) in [5, 5.41) is 7.67. The van der Waals surface area contributed by atoms with Gasteiger partial charge in [-0.3, -0.25) is 9.89 Å². The van der Waals surface area contributed by atoms with Crippen molar-refractivity contribution in [3.63, 3.8) is 0 Å². The number of thioether (sulfide) groups is 1. The second-order valence-electron chi connectivity index (χ2n) is 6.52. The minimum Gasteiger partial charge on any atom is -0.332 e. The van der Waals surface area contributed by atoms with Crippen molar-refractivity contribution in [1.82, 2.24) is 20.1 Å². The Hall–Kier alpha value is -1.86. The molecule has 1 saturated heterocycles. The Balaban J connectivity index is 1.59. The highest BCUT2D eigenvalue weighted by Gasteiger charge is 2.27. The van der Waals surface area contributed by atoms with Gasteiger partial charge in [-0.1, -0.05) is 41.6 Å². The molecule has 0 unspecified atom stereocenters. The summed E-state index contributed by atoms with van der Waals surface area (Å²) in [5.41, 5.74) is 2.21. The van der Waals surface area contributed by atoms with Crippen LogP contribution >= 0.6 is 11.8 Å². The number of aromatic nitrogens is 3. The molecule has 0 bridgehead atoms. The van der Waals surface area contributed by atoms with Crippen LogP contribution in [-0.4, -0.2) is 64.0 Å². The predicted octanol–water partition coefficient (Wildman–Crippen LogP) is 1.01. The average molecular weight is 361 g/mol. The van der Waals surface area contributed by atoms with Crippen molar-refractivity contribution in [2.45, 2.75) is 31.2 Å². The fraction of sp³-hybridized carbons (Fsp3) is 0.500. The zero-order valence-electron chi connectivity index (χ0n) is 15.1. The molecule has 1 aliphatic rings. The number of amides is 1. The van der Waals surface area contributed by atoms with Crippen molar-refractivity contribution in [2.75, 3.05) is 32.7 Å². The molecule has 2 aromatic rings. The van der Waals surface area contributed by atoms with Crippen LogP contribution in [0.15, 0.2) is 29.4 Å². The number of rotatable bonds is 5. The van der Waals surface area contributed by atoms with Gasteiger partial charge in [-0.15, -0.1) is 5.10 Å². The van der Waals surface area contributed by atoms with Gasteiger partial charge in [0.25, 0.3) is 0 Å². The number of hydrogen-bond acceptors (Lipinski definition) is 4. The van der Waals surface area contributed by atoms with Crippen LogP contribution in [0.25, 0.3) is 11.4 Å². The molecule has 0 aliphatic carbocycles. The summed E-state index contributed by atoms with van der Waals surface area (Å²) < 4.78 is 0. The minimum atomic E-state index is -0.176. The highest BCUT2D eigenvalue weighted by molar-refractivity contribution is 8.00. The van der Waals surface area contributed by atoms with Crippen molar-refractivity contribution >= 4 is 17.7 Å². The molecule has 1 amide bonds. The Morgan fingerprint density at radius 1 is 1.32 bits per heavy atom. The maximum absolute atomic E-state index is 12.6. The van der Waals surface area contributed by atoms with E-state index in [4.69, 9.17) is 0 Å². The zero-order valence-corrected chi connectivity index (χ0v) is 15.9. The Morgan fingerprint density at radius 3 is 2.64 bits per heavy atom. The molecule has 1 aromatic carbocycles. The highest BCUT2D eigenvalue weighted by Crippen LogP contribution is 2.24. The first-order valence-corrected chi connectivity index (χ1v) is 9.73. The Kier molecular flexibility index (Phi) is 5.75. The van der Waals surface area contributed by atoms with Gasteiger partial charge in [-0.2, -0.15) is 0 Å². The quantitative estimate of drug-likeness (QED) is 0.781. The molecule has 1 atom stereocenters. The lowest BCUT2D eigenvalue weighted by Gasteiger charge is -2.32. The lowest BCUT2D eigenvalue weighted by atomic mass is 10.1. The van der Waals surface area contributed by atoms with E-state index in [-0.39, 0.29) is 11.2 Å². The summed E-state index contributed by atoms with van der Waals surface area (Å²) in [6.45, 7) is 11.1. The maximum Gasteiger partial charge on any atom is 0.236 e. The molecule has 1 fully saturated rings. The van der Waals surface area contributed by atoms with Gasteiger partial charge < -0.3 is 9.80 Å². The molecular formula is C18H26N5OS+. The fourth-order valence-electron chi connectivity index (χ4n) is 3.00. The number of hydrogen-bond donors (Lipinski definition) is 2. The number of H-pyrrole nitrogens is 1. The molecule has 6 nitrogen and oxygen atoms in total. The van der Waals surface area contributed by atoms with Crippen molar-refractivity contribution in [3.05, 3.63) is 29.8 Å². The molecule has 0 spiro atoms. The van der Waals surface area contributed by atoms with Crippen LogP contribution < -0.4 is 4.90 Å². The third kappa shape index (κ3) is 4.41. The third-order valence-corrected chi connectivity index (χ3v) is 5.65. The van der Waals surface area contributed by atoms with E-state index in [1.165, 1.54) is 17.3 Å². The number of carbonyl (C=O) groups is 1. The number of aryl methyl sites for hydroxylation is 1. The topological polar surface area (TPSA) is 66.3 Å². The molecule has 25 heavy (non-hydrogen) atoms. The lowest BCUT2D eigenvalue weighted by molar-refractivity contribution is -0.902. The van der Waals surface area contributed by atoms with Gasteiger partial charge in [0.15, 0.2) is 5.82 Å².